The van der Waals surface area contributed by atoms with Gasteiger partial charge < -0.3 is 9.84 Å². The van der Waals surface area contributed by atoms with Crippen molar-refractivity contribution in [2.45, 2.75) is 12.8 Å². The average molecular weight is 286 g/mol. The number of hydrogen-bond acceptors (Lipinski definition) is 4. The van der Waals surface area contributed by atoms with E-state index < -0.39 is 5.97 Å². The summed E-state index contributed by atoms with van der Waals surface area (Å²) in [5, 5.41) is 10.6. The highest BCUT2D eigenvalue weighted by Gasteiger charge is 2.14. The van der Waals surface area contributed by atoms with Crippen molar-refractivity contribution in [2.24, 2.45) is 0 Å². The van der Waals surface area contributed by atoms with E-state index in [1.54, 1.807) is 6.07 Å². The van der Waals surface area contributed by atoms with Crippen molar-refractivity contribution in [3.05, 3.63) is 36.0 Å². The Balaban J connectivity index is 1.79. The molecule has 1 aliphatic heterocycles. The van der Waals surface area contributed by atoms with Gasteiger partial charge in [0.2, 0.25) is 5.88 Å². The SMILES string of the molecule is O=C(O)c1cnc(OCCN2CCCC2)c2ccccc12. The van der Waals surface area contributed by atoms with E-state index in [-0.39, 0.29) is 5.56 Å². The first-order chi connectivity index (χ1) is 10.3. The van der Waals surface area contributed by atoms with Crippen LogP contribution in [0.2, 0.25) is 0 Å². The Kier molecular flexibility index (Phi) is 4.01. The highest BCUT2D eigenvalue weighted by molar-refractivity contribution is 6.04. The molecule has 110 valence electrons. The van der Waals surface area contributed by atoms with Gasteiger partial charge in [-0.2, -0.15) is 0 Å². The van der Waals surface area contributed by atoms with Crippen LogP contribution < -0.4 is 4.74 Å². The predicted molar refractivity (Wildman–Crippen MR) is 79.9 cm³/mol. The van der Waals surface area contributed by atoms with Crippen LogP contribution >= 0.6 is 0 Å². The zero-order valence-electron chi connectivity index (χ0n) is 11.8. The minimum absolute atomic E-state index is 0.206. The van der Waals surface area contributed by atoms with E-state index in [2.05, 4.69) is 9.88 Å². The molecule has 0 unspecified atom stereocenters. The molecule has 2 aromatic rings. The van der Waals surface area contributed by atoms with E-state index in [0.717, 1.165) is 25.0 Å². The van der Waals surface area contributed by atoms with Crippen molar-refractivity contribution in [1.82, 2.24) is 9.88 Å². The second-order valence-corrected chi connectivity index (χ2v) is 5.22. The fraction of sp³-hybridized carbons (Fsp3) is 0.375. The lowest BCUT2D eigenvalue weighted by Gasteiger charge is -2.15. The topological polar surface area (TPSA) is 62.7 Å². The largest absolute Gasteiger partial charge is 0.478 e. The van der Waals surface area contributed by atoms with Crippen LogP contribution in [0.4, 0.5) is 0 Å². The normalized spacial score (nSPS) is 15.4. The van der Waals surface area contributed by atoms with Crippen LogP contribution in [0.1, 0.15) is 23.2 Å². The zero-order chi connectivity index (χ0) is 14.7. The second-order valence-electron chi connectivity index (χ2n) is 5.22. The van der Waals surface area contributed by atoms with Crippen molar-refractivity contribution in [3.63, 3.8) is 0 Å². The lowest BCUT2D eigenvalue weighted by molar-refractivity contribution is 0.0698. The number of carboxylic acids is 1. The molecular weight excluding hydrogens is 268 g/mol. The number of carboxylic acid groups (broad SMARTS) is 1. The van der Waals surface area contributed by atoms with Gasteiger partial charge in [0.15, 0.2) is 0 Å². The number of fused-ring (bicyclic) bond motifs is 1. The van der Waals surface area contributed by atoms with Crippen LogP contribution in [-0.2, 0) is 0 Å². The third-order valence-electron chi connectivity index (χ3n) is 3.83. The third kappa shape index (κ3) is 2.97. The van der Waals surface area contributed by atoms with E-state index in [0.29, 0.717) is 17.9 Å². The average Bonchev–Trinajstić information content (AvgIpc) is 3.00. The maximum Gasteiger partial charge on any atom is 0.337 e. The molecular formula is C16H18N2O3. The highest BCUT2D eigenvalue weighted by Crippen LogP contribution is 2.26. The van der Waals surface area contributed by atoms with Gasteiger partial charge in [-0.3, -0.25) is 4.90 Å². The molecule has 21 heavy (non-hydrogen) atoms. The highest BCUT2D eigenvalue weighted by atomic mass is 16.5. The van der Waals surface area contributed by atoms with E-state index in [4.69, 9.17) is 4.74 Å². The van der Waals surface area contributed by atoms with Crippen molar-refractivity contribution in [1.29, 1.82) is 0 Å². The number of aromatic carboxylic acids is 1. The second kappa shape index (κ2) is 6.10. The Bertz CT molecular complexity index is 651. The molecule has 0 radical (unpaired) electrons. The zero-order valence-corrected chi connectivity index (χ0v) is 11.8. The number of likely N-dealkylation sites (tertiary alicyclic amines) is 1. The van der Waals surface area contributed by atoms with Gasteiger partial charge in [-0.05, 0) is 32.0 Å². The van der Waals surface area contributed by atoms with Crippen LogP contribution in [0.3, 0.4) is 0 Å². The van der Waals surface area contributed by atoms with Crippen LogP contribution in [-0.4, -0.2) is 47.2 Å². The van der Waals surface area contributed by atoms with Crippen LogP contribution in [0, 0.1) is 0 Å². The molecule has 5 heteroatoms. The molecule has 1 aromatic heterocycles. The molecule has 0 saturated carbocycles. The summed E-state index contributed by atoms with van der Waals surface area (Å²) in [6.07, 6.45) is 3.89. The summed E-state index contributed by atoms with van der Waals surface area (Å²) in [4.78, 5) is 17.8. The molecule has 1 N–H and O–H groups in total. The molecule has 1 aliphatic rings. The number of pyridine rings is 1. The van der Waals surface area contributed by atoms with Crippen molar-refractivity contribution < 1.29 is 14.6 Å². The monoisotopic (exact) mass is 286 g/mol. The molecule has 1 fully saturated rings. The van der Waals surface area contributed by atoms with Crippen molar-refractivity contribution in [2.75, 3.05) is 26.2 Å². The fourth-order valence-corrected chi connectivity index (χ4v) is 2.73. The van der Waals surface area contributed by atoms with Gasteiger partial charge in [-0.1, -0.05) is 18.2 Å². The summed E-state index contributed by atoms with van der Waals surface area (Å²) < 4.78 is 5.77. The van der Waals surface area contributed by atoms with Crippen molar-refractivity contribution in [3.8, 4) is 5.88 Å². The Labute approximate surface area is 123 Å². The van der Waals surface area contributed by atoms with Gasteiger partial charge >= 0.3 is 5.97 Å². The number of ether oxygens (including phenoxy) is 1. The molecule has 1 saturated heterocycles. The lowest BCUT2D eigenvalue weighted by atomic mass is 10.1. The predicted octanol–water partition coefficient (Wildman–Crippen LogP) is 2.41. The summed E-state index contributed by atoms with van der Waals surface area (Å²) in [6, 6.07) is 7.32. The Hall–Kier alpha value is -2.14. The summed E-state index contributed by atoms with van der Waals surface area (Å²) in [5.74, 6) is -0.461. The summed E-state index contributed by atoms with van der Waals surface area (Å²) in [7, 11) is 0. The van der Waals surface area contributed by atoms with Crippen LogP contribution in [0.5, 0.6) is 5.88 Å². The molecule has 3 rings (SSSR count). The molecule has 0 bridgehead atoms. The molecule has 0 spiro atoms. The maximum absolute atomic E-state index is 11.2. The summed E-state index contributed by atoms with van der Waals surface area (Å²) in [6.45, 7) is 3.73. The maximum atomic E-state index is 11.2. The van der Waals surface area contributed by atoms with Gasteiger partial charge in [-0.25, -0.2) is 9.78 Å². The number of benzene rings is 1. The van der Waals surface area contributed by atoms with Crippen LogP contribution in [0.25, 0.3) is 10.8 Å². The first kappa shape index (κ1) is 13.8. The third-order valence-corrected chi connectivity index (χ3v) is 3.83. The molecule has 5 nitrogen and oxygen atoms in total. The first-order valence-corrected chi connectivity index (χ1v) is 7.22. The van der Waals surface area contributed by atoms with E-state index in [1.807, 2.05) is 18.2 Å². The first-order valence-electron chi connectivity index (χ1n) is 7.22. The van der Waals surface area contributed by atoms with E-state index in [1.165, 1.54) is 19.0 Å². The number of nitrogens with zero attached hydrogens (tertiary/aromatic N) is 2. The van der Waals surface area contributed by atoms with Crippen molar-refractivity contribution >= 4 is 16.7 Å². The molecule has 0 atom stereocenters. The molecule has 0 aliphatic carbocycles. The molecule has 2 heterocycles. The quantitative estimate of drug-likeness (QED) is 0.914. The number of carbonyl (C=O) groups is 1. The summed E-state index contributed by atoms with van der Waals surface area (Å²) in [5.41, 5.74) is 0.206. The standard InChI is InChI=1S/C16H18N2O3/c19-16(20)14-11-17-15(13-6-2-1-5-12(13)14)21-10-9-18-7-3-4-8-18/h1-2,5-6,11H,3-4,7-10H2,(H,19,20). The number of rotatable bonds is 5. The van der Waals surface area contributed by atoms with Gasteiger partial charge in [0, 0.05) is 23.5 Å². The number of aromatic nitrogens is 1. The molecule has 1 aromatic carbocycles. The van der Waals surface area contributed by atoms with Gasteiger partial charge in [0.1, 0.15) is 6.61 Å². The minimum atomic E-state index is -0.970. The summed E-state index contributed by atoms with van der Waals surface area (Å²) >= 11 is 0. The fourth-order valence-electron chi connectivity index (χ4n) is 2.73. The Morgan fingerprint density at radius 1 is 1.24 bits per heavy atom. The lowest BCUT2D eigenvalue weighted by Crippen LogP contribution is -2.25. The Morgan fingerprint density at radius 3 is 2.67 bits per heavy atom. The minimum Gasteiger partial charge on any atom is -0.478 e. The number of hydrogen-bond donors (Lipinski definition) is 1. The smallest absolute Gasteiger partial charge is 0.337 e. The Morgan fingerprint density at radius 2 is 1.95 bits per heavy atom. The van der Waals surface area contributed by atoms with E-state index in [9.17, 15) is 9.90 Å². The molecule has 0 amide bonds. The van der Waals surface area contributed by atoms with E-state index >= 15 is 0 Å². The van der Waals surface area contributed by atoms with Gasteiger partial charge in [-0.15, -0.1) is 0 Å². The van der Waals surface area contributed by atoms with Gasteiger partial charge in [0.25, 0.3) is 0 Å². The van der Waals surface area contributed by atoms with Crippen LogP contribution in [0.15, 0.2) is 30.5 Å². The van der Waals surface area contributed by atoms with Gasteiger partial charge in [0.05, 0.1) is 5.56 Å².